The van der Waals surface area contributed by atoms with Gasteiger partial charge in [-0.2, -0.15) is 0 Å². The molecule has 0 spiro atoms. The number of rotatable bonds is 3. The van der Waals surface area contributed by atoms with E-state index >= 15 is 0 Å². The first-order valence-corrected chi connectivity index (χ1v) is 6.33. The number of H-pyrrole nitrogens is 1. The Bertz CT molecular complexity index is 662. The Morgan fingerprint density at radius 1 is 1.06 bits per heavy atom. The van der Waals surface area contributed by atoms with Crippen LogP contribution in [-0.2, 0) is 10.0 Å². The summed E-state index contributed by atoms with van der Waals surface area (Å²) in [5.41, 5.74) is -0.136. The smallest absolute Gasteiger partial charge is 0.267 e. The van der Waals surface area contributed by atoms with Gasteiger partial charge in [0, 0.05) is 24.1 Å². The van der Waals surface area contributed by atoms with E-state index in [9.17, 15) is 13.2 Å². The minimum atomic E-state index is -3.84. The van der Waals surface area contributed by atoms with Gasteiger partial charge in [0.1, 0.15) is 0 Å². The Balaban J connectivity index is 2.39. The summed E-state index contributed by atoms with van der Waals surface area (Å²) in [4.78, 5) is 13.7. The zero-order valence-corrected chi connectivity index (χ0v) is 9.57. The molecule has 88 valence electrons. The van der Waals surface area contributed by atoms with Gasteiger partial charge in [-0.15, -0.1) is 0 Å². The normalized spacial score (nSPS) is 11.1. The maximum Gasteiger partial charge on any atom is 0.267 e. The number of anilines is 1. The monoisotopic (exact) mass is 250 g/mol. The van der Waals surface area contributed by atoms with Crippen molar-refractivity contribution in [2.75, 3.05) is 4.72 Å². The summed E-state index contributed by atoms with van der Waals surface area (Å²) in [5, 5.41) is 0. The minimum Gasteiger partial charge on any atom is -0.366 e. The van der Waals surface area contributed by atoms with Crippen LogP contribution in [0.2, 0.25) is 0 Å². The van der Waals surface area contributed by atoms with Gasteiger partial charge in [0.25, 0.3) is 10.0 Å². The first-order chi connectivity index (χ1) is 8.09. The number of benzene rings is 1. The highest BCUT2D eigenvalue weighted by atomic mass is 32.2. The predicted molar refractivity (Wildman–Crippen MR) is 64.3 cm³/mol. The standard InChI is InChI=1S/C11H10N2O3S/c14-10-6-7-12-8-11(10)17(15,16)13-9-4-2-1-3-5-9/h1-8,13H,(H,12,14). The van der Waals surface area contributed by atoms with E-state index in [1.165, 1.54) is 12.3 Å². The van der Waals surface area contributed by atoms with Gasteiger partial charge in [-0.1, -0.05) is 18.2 Å². The summed E-state index contributed by atoms with van der Waals surface area (Å²) < 4.78 is 26.1. The molecule has 5 nitrogen and oxygen atoms in total. The average Bonchev–Trinajstić information content (AvgIpc) is 2.30. The molecule has 6 heteroatoms. The Morgan fingerprint density at radius 3 is 2.41 bits per heavy atom. The Hall–Kier alpha value is -2.08. The fourth-order valence-corrected chi connectivity index (χ4v) is 2.44. The molecule has 1 aromatic carbocycles. The summed E-state index contributed by atoms with van der Waals surface area (Å²) in [6.07, 6.45) is 2.54. The van der Waals surface area contributed by atoms with E-state index in [-0.39, 0.29) is 4.90 Å². The lowest BCUT2D eigenvalue weighted by molar-refractivity contribution is 0.600. The summed E-state index contributed by atoms with van der Waals surface area (Å²) in [7, 11) is -3.84. The van der Waals surface area contributed by atoms with E-state index in [0.29, 0.717) is 5.69 Å². The predicted octanol–water partition coefficient (Wildman–Crippen LogP) is 1.18. The number of pyridine rings is 1. The molecule has 1 heterocycles. The average molecular weight is 250 g/mol. The van der Waals surface area contributed by atoms with Gasteiger partial charge in [-0.25, -0.2) is 8.42 Å². The van der Waals surface area contributed by atoms with Crippen LogP contribution < -0.4 is 10.2 Å². The molecule has 0 saturated heterocycles. The molecule has 2 rings (SSSR count). The molecule has 1 aromatic heterocycles. The van der Waals surface area contributed by atoms with Gasteiger partial charge in [-0.3, -0.25) is 9.52 Å². The highest BCUT2D eigenvalue weighted by molar-refractivity contribution is 7.92. The van der Waals surface area contributed by atoms with Crippen molar-refractivity contribution in [3.8, 4) is 0 Å². The zero-order chi connectivity index (χ0) is 12.3. The molecule has 0 bridgehead atoms. The molecule has 0 aliphatic carbocycles. The third kappa shape index (κ3) is 2.54. The van der Waals surface area contributed by atoms with Crippen LogP contribution in [0.4, 0.5) is 5.69 Å². The first kappa shape index (κ1) is 11.4. The summed E-state index contributed by atoms with van der Waals surface area (Å²) in [5.74, 6) is 0. The zero-order valence-electron chi connectivity index (χ0n) is 8.75. The van der Waals surface area contributed by atoms with Gasteiger partial charge in [0.05, 0.1) is 0 Å². The van der Waals surface area contributed by atoms with Crippen molar-refractivity contribution >= 4 is 15.7 Å². The molecule has 2 aromatic rings. The number of para-hydroxylation sites is 1. The second-order valence-electron chi connectivity index (χ2n) is 3.34. The highest BCUT2D eigenvalue weighted by Crippen LogP contribution is 2.11. The van der Waals surface area contributed by atoms with Crippen molar-refractivity contribution in [2.45, 2.75) is 4.90 Å². The number of hydrogen-bond acceptors (Lipinski definition) is 3. The van der Waals surface area contributed by atoms with E-state index in [1.54, 1.807) is 30.3 Å². The van der Waals surface area contributed by atoms with Crippen molar-refractivity contribution in [1.82, 2.24) is 4.98 Å². The van der Waals surface area contributed by atoms with Gasteiger partial charge >= 0.3 is 0 Å². The van der Waals surface area contributed by atoms with Crippen LogP contribution in [0.15, 0.2) is 58.5 Å². The lowest BCUT2D eigenvalue weighted by Crippen LogP contribution is -2.20. The van der Waals surface area contributed by atoms with E-state index in [4.69, 9.17) is 0 Å². The number of aromatic amines is 1. The van der Waals surface area contributed by atoms with E-state index in [2.05, 4.69) is 9.71 Å². The summed E-state index contributed by atoms with van der Waals surface area (Å²) in [6.45, 7) is 0. The molecule has 0 fully saturated rings. The number of hydrogen-bond donors (Lipinski definition) is 2. The lowest BCUT2D eigenvalue weighted by Gasteiger charge is -2.06. The van der Waals surface area contributed by atoms with Crippen LogP contribution >= 0.6 is 0 Å². The first-order valence-electron chi connectivity index (χ1n) is 4.84. The van der Waals surface area contributed by atoms with Crippen molar-refractivity contribution in [2.24, 2.45) is 0 Å². The Labute approximate surface area is 98.2 Å². The molecule has 0 radical (unpaired) electrons. The molecule has 0 aliphatic heterocycles. The minimum absolute atomic E-state index is 0.302. The summed E-state index contributed by atoms with van der Waals surface area (Å²) >= 11 is 0. The molecule has 2 N–H and O–H groups in total. The fraction of sp³-hybridized carbons (Fsp3) is 0. The van der Waals surface area contributed by atoms with Crippen LogP contribution in [0.5, 0.6) is 0 Å². The van der Waals surface area contributed by atoms with Crippen molar-refractivity contribution in [1.29, 1.82) is 0 Å². The van der Waals surface area contributed by atoms with Crippen molar-refractivity contribution in [3.05, 3.63) is 59.0 Å². The molecule has 0 unspecified atom stereocenters. The van der Waals surface area contributed by atoms with E-state index in [1.807, 2.05) is 0 Å². The molecular formula is C11H10N2O3S. The molecule has 0 aliphatic rings. The molecule has 0 saturated carbocycles. The topological polar surface area (TPSA) is 79.0 Å². The molecule has 0 atom stereocenters. The number of nitrogens with one attached hydrogen (secondary N) is 2. The molecular weight excluding hydrogens is 240 g/mol. The fourth-order valence-electron chi connectivity index (χ4n) is 1.33. The molecule has 17 heavy (non-hydrogen) atoms. The quantitative estimate of drug-likeness (QED) is 0.858. The second-order valence-corrected chi connectivity index (χ2v) is 5.00. The number of sulfonamides is 1. The maximum atomic E-state index is 11.9. The van der Waals surface area contributed by atoms with E-state index in [0.717, 1.165) is 6.20 Å². The lowest BCUT2D eigenvalue weighted by atomic mass is 10.3. The molecule has 0 amide bonds. The third-order valence-corrected chi connectivity index (χ3v) is 3.51. The van der Waals surface area contributed by atoms with Crippen LogP contribution in [0.3, 0.4) is 0 Å². The summed E-state index contributed by atoms with van der Waals surface area (Å²) in [6, 6.07) is 9.55. The maximum absolute atomic E-state index is 11.9. The van der Waals surface area contributed by atoms with Gasteiger partial charge in [0.15, 0.2) is 4.90 Å². The largest absolute Gasteiger partial charge is 0.366 e. The van der Waals surface area contributed by atoms with Gasteiger partial charge in [-0.05, 0) is 12.1 Å². The van der Waals surface area contributed by atoms with Crippen LogP contribution in [0.1, 0.15) is 0 Å². The number of aromatic nitrogens is 1. The van der Waals surface area contributed by atoms with Crippen molar-refractivity contribution in [3.63, 3.8) is 0 Å². The second kappa shape index (κ2) is 4.42. The third-order valence-electron chi connectivity index (χ3n) is 2.10. The Kier molecular flexibility index (Phi) is 2.97. The van der Waals surface area contributed by atoms with Crippen LogP contribution in [-0.4, -0.2) is 13.4 Å². The Morgan fingerprint density at radius 2 is 1.76 bits per heavy atom. The van der Waals surface area contributed by atoms with Crippen LogP contribution in [0.25, 0.3) is 0 Å². The van der Waals surface area contributed by atoms with Crippen LogP contribution in [0, 0.1) is 0 Å². The van der Waals surface area contributed by atoms with Gasteiger partial charge in [0.2, 0.25) is 5.43 Å². The highest BCUT2D eigenvalue weighted by Gasteiger charge is 2.17. The van der Waals surface area contributed by atoms with E-state index < -0.39 is 15.5 Å². The van der Waals surface area contributed by atoms with Crippen molar-refractivity contribution < 1.29 is 8.42 Å². The van der Waals surface area contributed by atoms with Gasteiger partial charge < -0.3 is 4.98 Å². The SMILES string of the molecule is O=c1cc[nH]cc1S(=O)(=O)Nc1ccccc1.